The van der Waals surface area contributed by atoms with Crippen molar-refractivity contribution in [3.8, 4) is 0 Å². The minimum absolute atomic E-state index is 0.0648. The van der Waals surface area contributed by atoms with Gasteiger partial charge >= 0.3 is 0 Å². The number of hydrogen-bond acceptors (Lipinski definition) is 2. The summed E-state index contributed by atoms with van der Waals surface area (Å²) >= 11 is -1.88. The quantitative estimate of drug-likeness (QED) is 0.757. The van der Waals surface area contributed by atoms with Crippen LogP contribution in [-0.2, 0) is 21.6 Å². The number of hydrogen-bond donors (Lipinski definition) is 3. The third-order valence-electron chi connectivity index (χ3n) is 3.55. The predicted octanol–water partition coefficient (Wildman–Crippen LogP) is 2.13. The second kappa shape index (κ2) is 4.88. The summed E-state index contributed by atoms with van der Waals surface area (Å²) in [6, 6.07) is 7.32. The van der Waals surface area contributed by atoms with Crippen molar-refractivity contribution >= 4 is 22.7 Å². The van der Waals surface area contributed by atoms with Crippen LogP contribution in [0.15, 0.2) is 30.5 Å². The predicted molar refractivity (Wildman–Crippen MR) is 76.9 cm³/mol. The molecule has 2 atom stereocenters. The molecule has 104 valence electrons. The summed E-state index contributed by atoms with van der Waals surface area (Å²) in [4.78, 5) is 15.3. The van der Waals surface area contributed by atoms with Crippen LogP contribution in [0.3, 0.4) is 0 Å². The largest absolute Gasteiger partial charge is 0.365 e. The van der Waals surface area contributed by atoms with Gasteiger partial charge in [-0.25, -0.2) is 4.21 Å². The first kappa shape index (κ1) is 13.1. The average Bonchev–Trinajstić information content (AvgIpc) is 2.90. The van der Waals surface area contributed by atoms with Crippen LogP contribution in [0.25, 0.3) is 0 Å². The molecular formula is C14H14N2O3S. The van der Waals surface area contributed by atoms with Crippen molar-refractivity contribution < 1.29 is 13.6 Å². The van der Waals surface area contributed by atoms with Crippen LogP contribution < -0.4 is 5.32 Å². The van der Waals surface area contributed by atoms with Crippen LogP contribution >= 0.6 is 0 Å². The molecule has 1 aromatic carbocycles. The van der Waals surface area contributed by atoms with Crippen molar-refractivity contribution in [3.63, 3.8) is 0 Å². The molecule has 20 heavy (non-hydrogen) atoms. The average molecular weight is 290 g/mol. The lowest BCUT2D eigenvalue weighted by Crippen LogP contribution is -2.13. The number of carbonyl (C=O) groups is 1. The normalized spacial score (nSPS) is 18.7. The molecule has 0 fully saturated rings. The maximum Gasteiger partial charge on any atom is 0.236 e. The van der Waals surface area contributed by atoms with E-state index in [0.29, 0.717) is 0 Å². The number of aryl methyl sites for hydroxylation is 1. The Kier molecular flexibility index (Phi) is 3.19. The Bertz CT molecular complexity index is 708. The first-order valence-corrected chi connectivity index (χ1v) is 7.49. The molecule has 2 heterocycles. The molecule has 0 spiro atoms. The Labute approximate surface area is 118 Å². The van der Waals surface area contributed by atoms with Crippen molar-refractivity contribution in [1.82, 2.24) is 4.98 Å². The van der Waals surface area contributed by atoms with E-state index in [9.17, 15) is 9.00 Å². The zero-order chi connectivity index (χ0) is 14.3. The van der Waals surface area contributed by atoms with E-state index in [1.165, 1.54) is 0 Å². The Morgan fingerprint density at radius 1 is 1.30 bits per heavy atom. The minimum atomic E-state index is -1.88. The number of H-pyrrole nitrogens is 1. The summed E-state index contributed by atoms with van der Waals surface area (Å²) in [5.41, 5.74) is 4.29. The number of carbonyl (C=O) groups excluding carboxylic acids is 1. The fourth-order valence-electron chi connectivity index (χ4n) is 2.63. The van der Waals surface area contributed by atoms with E-state index >= 15 is 0 Å². The van der Waals surface area contributed by atoms with Crippen LogP contribution in [0, 0.1) is 6.92 Å². The van der Waals surface area contributed by atoms with Gasteiger partial charge in [0.2, 0.25) is 5.91 Å². The van der Waals surface area contributed by atoms with E-state index in [1.807, 2.05) is 25.3 Å². The monoisotopic (exact) mass is 290 g/mol. The molecular weight excluding hydrogens is 276 g/mol. The minimum Gasteiger partial charge on any atom is -0.365 e. The highest BCUT2D eigenvalue weighted by atomic mass is 32.2. The Morgan fingerprint density at radius 3 is 2.75 bits per heavy atom. The molecule has 3 N–H and O–H groups in total. The molecule has 1 amide bonds. The Hall–Kier alpha value is -1.92. The highest BCUT2D eigenvalue weighted by Gasteiger charge is 2.33. The molecule has 1 aliphatic rings. The van der Waals surface area contributed by atoms with Gasteiger partial charge in [0.1, 0.15) is 0 Å². The van der Waals surface area contributed by atoms with Crippen LogP contribution in [-0.4, -0.2) is 19.7 Å². The molecule has 1 aromatic heterocycles. The van der Waals surface area contributed by atoms with Gasteiger partial charge in [-0.1, -0.05) is 12.1 Å². The first-order valence-electron chi connectivity index (χ1n) is 6.21. The van der Waals surface area contributed by atoms with Gasteiger partial charge in [-0.2, -0.15) is 0 Å². The van der Waals surface area contributed by atoms with Crippen molar-refractivity contribution in [3.05, 3.63) is 52.8 Å². The van der Waals surface area contributed by atoms with Crippen molar-refractivity contribution in [2.75, 3.05) is 5.32 Å². The number of benzene rings is 1. The number of amides is 1. The highest BCUT2D eigenvalue weighted by molar-refractivity contribution is 7.78. The van der Waals surface area contributed by atoms with Gasteiger partial charge in [0, 0.05) is 17.6 Å². The third kappa shape index (κ3) is 2.17. The SMILES string of the molecule is Cc1[nH]ccc1C1C(=O)Nc2cc(CS(=O)O)ccc21. The van der Waals surface area contributed by atoms with Crippen molar-refractivity contribution in [2.24, 2.45) is 0 Å². The van der Waals surface area contributed by atoms with Gasteiger partial charge in [-0.3, -0.25) is 4.79 Å². The van der Waals surface area contributed by atoms with Gasteiger partial charge in [0.15, 0.2) is 11.1 Å². The van der Waals surface area contributed by atoms with Crippen LogP contribution in [0.1, 0.15) is 28.3 Å². The van der Waals surface area contributed by atoms with E-state index in [4.69, 9.17) is 4.55 Å². The smallest absolute Gasteiger partial charge is 0.236 e. The fourth-order valence-corrected chi connectivity index (χ4v) is 3.09. The second-order valence-corrected chi connectivity index (χ2v) is 5.80. The molecule has 6 heteroatoms. The van der Waals surface area contributed by atoms with E-state index in [2.05, 4.69) is 10.3 Å². The Morgan fingerprint density at radius 2 is 2.10 bits per heavy atom. The maximum absolute atomic E-state index is 12.2. The Balaban J connectivity index is 2.01. The topological polar surface area (TPSA) is 82.2 Å². The van der Waals surface area contributed by atoms with Gasteiger partial charge in [0.05, 0.1) is 11.7 Å². The molecule has 0 saturated heterocycles. The lowest BCUT2D eigenvalue weighted by Gasteiger charge is -2.09. The number of aromatic nitrogens is 1. The number of rotatable bonds is 3. The number of aromatic amines is 1. The summed E-state index contributed by atoms with van der Waals surface area (Å²) in [6.45, 7) is 1.93. The van der Waals surface area contributed by atoms with Gasteiger partial charge < -0.3 is 14.9 Å². The van der Waals surface area contributed by atoms with Crippen LogP contribution in [0.4, 0.5) is 5.69 Å². The third-order valence-corrected chi connectivity index (χ3v) is 4.13. The zero-order valence-corrected chi connectivity index (χ0v) is 11.7. The molecule has 3 rings (SSSR count). The molecule has 5 nitrogen and oxygen atoms in total. The van der Waals surface area contributed by atoms with Gasteiger partial charge in [-0.15, -0.1) is 0 Å². The summed E-state index contributed by atoms with van der Waals surface area (Å²) in [7, 11) is 0. The lowest BCUT2D eigenvalue weighted by molar-refractivity contribution is -0.116. The van der Waals surface area contributed by atoms with Crippen molar-refractivity contribution in [2.45, 2.75) is 18.6 Å². The standard InChI is InChI=1S/C14H14N2O3S/c1-8-10(4-5-15-8)13-11-3-2-9(7-20(18)19)6-12(11)16-14(13)17/h2-6,13,15H,7H2,1H3,(H,16,17)(H,18,19). The molecule has 0 saturated carbocycles. The molecule has 1 aliphatic heterocycles. The summed E-state index contributed by atoms with van der Waals surface area (Å²) < 4.78 is 19.8. The summed E-state index contributed by atoms with van der Waals surface area (Å²) in [5, 5.41) is 2.84. The molecule has 0 radical (unpaired) electrons. The van der Waals surface area contributed by atoms with E-state index in [0.717, 1.165) is 28.1 Å². The summed E-state index contributed by atoms with van der Waals surface area (Å²) in [5.74, 6) is -0.313. The number of nitrogens with one attached hydrogen (secondary N) is 2. The zero-order valence-electron chi connectivity index (χ0n) is 10.8. The van der Waals surface area contributed by atoms with E-state index in [1.54, 1.807) is 12.1 Å². The first-order chi connectivity index (χ1) is 9.56. The van der Waals surface area contributed by atoms with Gasteiger partial charge in [0.25, 0.3) is 0 Å². The molecule has 0 bridgehead atoms. The fraction of sp³-hybridized carbons (Fsp3) is 0.214. The summed E-state index contributed by atoms with van der Waals surface area (Å²) in [6.07, 6.45) is 1.82. The van der Waals surface area contributed by atoms with Crippen molar-refractivity contribution in [1.29, 1.82) is 0 Å². The molecule has 2 unspecified atom stereocenters. The molecule has 2 aromatic rings. The highest BCUT2D eigenvalue weighted by Crippen LogP contribution is 2.38. The van der Waals surface area contributed by atoms with Crippen LogP contribution in [0.5, 0.6) is 0 Å². The maximum atomic E-state index is 12.2. The van der Waals surface area contributed by atoms with Crippen LogP contribution in [0.2, 0.25) is 0 Å². The second-order valence-electron chi connectivity index (χ2n) is 4.87. The van der Waals surface area contributed by atoms with Gasteiger partial charge in [-0.05, 0) is 35.7 Å². The number of fused-ring (bicyclic) bond motifs is 1. The lowest BCUT2D eigenvalue weighted by atomic mass is 9.92. The van der Waals surface area contributed by atoms with E-state index < -0.39 is 11.1 Å². The van der Waals surface area contributed by atoms with E-state index in [-0.39, 0.29) is 17.6 Å². The molecule has 0 aliphatic carbocycles. The number of anilines is 1.